The molecule has 31 heavy (non-hydrogen) atoms. The molecule has 12 heteroatoms. The van der Waals surface area contributed by atoms with Crippen molar-refractivity contribution in [1.82, 2.24) is 8.87 Å². The first-order valence-corrected chi connectivity index (χ1v) is 12.6. The van der Waals surface area contributed by atoms with E-state index in [1.54, 1.807) is 11.4 Å². The molecule has 0 N–H and O–H groups in total. The van der Waals surface area contributed by atoms with Crippen molar-refractivity contribution in [2.24, 2.45) is 4.99 Å². The van der Waals surface area contributed by atoms with Gasteiger partial charge in [0.25, 0.3) is 15.9 Å². The molecule has 1 aliphatic rings. The van der Waals surface area contributed by atoms with Gasteiger partial charge in [0.1, 0.15) is 16.1 Å². The van der Waals surface area contributed by atoms with Gasteiger partial charge in [-0.15, -0.1) is 11.3 Å². The molecule has 4 rings (SSSR count). The summed E-state index contributed by atoms with van der Waals surface area (Å²) in [6.45, 7) is 0.654. The van der Waals surface area contributed by atoms with Crippen LogP contribution in [0, 0.1) is 11.6 Å². The zero-order valence-corrected chi connectivity index (χ0v) is 18.9. The van der Waals surface area contributed by atoms with Crippen LogP contribution in [-0.4, -0.2) is 49.5 Å². The lowest BCUT2D eigenvalue weighted by atomic mass is 10.2. The van der Waals surface area contributed by atoms with Crippen molar-refractivity contribution in [3.8, 4) is 0 Å². The molecule has 3 aromatic rings. The van der Waals surface area contributed by atoms with E-state index in [0.29, 0.717) is 17.5 Å². The molecular weight excluding hydrogens is 468 g/mol. The van der Waals surface area contributed by atoms with Crippen molar-refractivity contribution in [2.45, 2.75) is 29.6 Å². The summed E-state index contributed by atoms with van der Waals surface area (Å²) in [5.74, 6) is -2.12. The maximum Gasteiger partial charge on any atom is 0.266 e. The Bertz CT molecular complexity index is 1280. The summed E-state index contributed by atoms with van der Waals surface area (Å²) in [4.78, 5) is 17.3. The molecule has 0 unspecified atom stereocenters. The number of ether oxygens (including phenoxy) is 1. The Morgan fingerprint density at radius 1 is 1.35 bits per heavy atom. The van der Waals surface area contributed by atoms with Crippen LogP contribution in [0.5, 0.6) is 0 Å². The fourth-order valence-corrected chi connectivity index (χ4v) is 7.45. The molecule has 0 saturated carbocycles. The van der Waals surface area contributed by atoms with E-state index in [-0.39, 0.29) is 34.2 Å². The summed E-state index contributed by atoms with van der Waals surface area (Å²) in [5, 5.41) is 1.66. The minimum Gasteiger partial charge on any atom is -0.383 e. The summed E-state index contributed by atoms with van der Waals surface area (Å²) in [6, 6.07) is 4.15. The average molecular weight is 488 g/mol. The van der Waals surface area contributed by atoms with Crippen LogP contribution in [0.2, 0.25) is 0 Å². The summed E-state index contributed by atoms with van der Waals surface area (Å²) < 4.78 is 62.2. The molecule has 1 fully saturated rings. The molecule has 1 saturated heterocycles. The third kappa shape index (κ3) is 4.22. The van der Waals surface area contributed by atoms with Crippen LogP contribution in [0.3, 0.4) is 0 Å². The number of nitrogens with zero attached hydrogens (tertiary/aromatic N) is 3. The van der Waals surface area contributed by atoms with Crippen LogP contribution in [0.1, 0.15) is 12.8 Å². The first kappa shape index (κ1) is 22.2. The predicted octanol–water partition coefficient (Wildman–Crippen LogP) is 2.97. The Balaban J connectivity index is 1.75. The fourth-order valence-electron chi connectivity index (χ4n) is 3.57. The zero-order chi connectivity index (χ0) is 22.2. The maximum absolute atomic E-state index is 14.5. The van der Waals surface area contributed by atoms with Gasteiger partial charge in [-0.2, -0.15) is 9.30 Å². The Labute approximate surface area is 185 Å². The summed E-state index contributed by atoms with van der Waals surface area (Å²) >= 11 is 2.06. The number of rotatable bonds is 6. The van der Waals surface area contributed by atoms with Gasteiger partial charge in [0.15, 0.2) is 10.6 Å². The number of hydrogen-bond donors (Lipinski definition) is 0. The topological polar surface area (TPSA) is 81.0 Å². The van der Waals surface area contributed by atoms with E-state index >= 15 is 0 Å². The van der Waals surface area contributed by atoms with E-state index in [1.807, 2.05) is 0 Å². The number of amides is 1. The van der Waals surface area contributed by atoms with Crippen molar-refractivity contribution in [2.75, 3.05) is 20.3 Å². The standard InChI is InChI=1S/C19H19F2N3O4S3/c1-28-8-7-23-17-13(21)10-12(20)11-15(17)30-19(23)22-18(25)14-4-2-6-24(14)31(26,27)16-5-3-9-29-16/h3,5,9-11,14H,2,4,6-8H2,1H3/t14-/m1/s1. The van der Waals surface area contributed by atoms with E-state index in [4.69, 9.17) is 4.74 Å². The lowest BCUT2D eigenvalue weighted by Gasteiger charge is -2.20. The molecule has 1 aromatic carbocycles. The molecule has 166 valence electrons. The molecule has 3 heterocycles. The molecule has 0 bridgehead atoms. The highest BCUT2D eigenvalue weighted by atomic mass is 32.2. The number of thiophene rings is 1. The molecule has 1 aliphatic heterocycles. The number of thiazole rings is 1. The van der Waals surface area contributed by atoms with Crippen molar-refractivity contribution >= 4 is 48.8 Å². The van der Waals surface area contributed by atoms with Crippen LogP contribution < -0.4 is 4.80 Å². The van der Waals surface area contributed by atoms with Crippen LogP contribution in [0.25, 0.3) is 10.2 Å². The quantitative estimate of drug-likeness (QED) is 0.536. The van der Waals surface area contributed by atoms with Gasteiger partial charge in [0.2, 0.25) is 0 Å². The van der Waals surface area contributed by atoms with Gasteiger partial charge in [-0.1, -0.05) is 17.4 Å². The molecule has 2 aromatic heterocycles. The van der Waals surface area contributed by atoms with Gasteiger partial charge in [0.05, 0.1) is 16.8 Å². The molecule has 0 radical (unpaired) electrons. The summed E-state index contributed by atoms with van der Waals surface area (Å²) in [6.07, 6.45) is 0.880. The van der Waals surface area contributed by atoms with E-state index in [0.717, 1.165) is 28.7 Å². The van der Waals surface area contributed by atoms with Crippen molar-refractivity contribution in [1.29, 1.82) is 0 Å². The third-order valence-electron chi connectivity index (χ3n) is 4.97. The molecule has 0 spiro atoms. The minimum atomic E-state index is -3.81. The van der Waals surface area contributed by atoms with Gasteiger partial charge in [0, 0.05) is 26.3 Å². The van der Waals surface area contributed by atoms with E-state index in [9.17, 15) is 22.0 Å². The lowest BCUT2D eigenvalue weighted by molar-refractivity contribution is -0.121. The first-order valence-electron chi connectivity index (χ1n) is 9.44. The van der Waals surface area contributed by atoms with Crippen LogP contribution >= 0.6 is 22.7 Å². The molecule has 0 aliphatic carbocycles. The average Bonchev–Trinajstić information content (AvgIpc) is 3.46. The second-order valence-electron chi connectivity index (χ2n) is 6.92. The second kappa shape index (κ2) is 8.87. The zero-order valence-electron chi connectivity index (χ0n) is 16.5. The Hall–Kier alpha value is -1.99. The predicted molar refractivity (Wildman–Crippen MR) is 113 cm³/mol. The van der Waals surface area contributed by atoms with Gasteiger partial charge in [-0.05, 0) is 30.4 Å². The summed E-state index contributed by atoms with van der Waals surface area (Å²) in [5.41, 5.74) is 0.129. The molecule has 7 nitrogen and oxygen atoms in total. The van der Waals surface area contributed by atoms with Crippen LogP contribution in [0.15, 0.2) is 38.8 Å². The SMILES string of the molecule is COCCn1c(=NC(=O)[C@H]2CCCN2S(=O)(=O)c2cccs2)sc2cc(F)cc(F)c21. The third-order valence-corrected chi connectivity index (χ3v) is 9.27. The van der Waals surface area contributed by atoms with Gasteiger partial charge >= 0.3 is 0 Å². The van der Waals surface area contributed by atoms with Gasteiger partial charge in [-0.25, -0.2) is 17.2 Å². The fraction of sp³-hybridized carbons (Fsp3) is 0.368. The molecule has 1 atom stereocenters. The molecule has 1 amide bonds. The first-order chi connectivity index (χ1) is 14.8. The van der Waals surface area contributed by atoms with Crippen molar-refractivity contribution in [3.05, 3.63) is 46.1 Å². The Morgan fingerprint density at radius 3 is 2.87 bits per heavy atom. The number of methoxy groups -OCH3 is 1. The lowest BCUT2D eigenvalue weighted by Crippen LogP contribution is -2.40. The Kier molecular flexibility index (Phi) is 6.35. The highest BCUT2D eigenvalue weighted by molar-refractivity contribution is 7.91. The largest absolute Gasteiger partial charge is 0.383 e. The summed E-state index contributed by atoms with van der Waals surface area (Å²) in [7, 11) is -2.32. The number of halogens is 2. The number of fused-ring (bicyclic) bond motifs is 1. The van der Waals surface area contributed by atoms with Crippen molar-refractivity contribution < 1.29 is 26.7 Å². The smallest absolute Gasteiger partial charge is 0.266 e. The minimum absolute atomic E-state index is 0.129. The van der Waals surface area contributed by atoms with E-state index in [1.165, 1.54) is 28.1 Å². The van der Waals surface area contributed by atoms with E-state index in [2.05, 4.69) is 4.99 Å². The van der Waals surface area contributed by atoms with Gasteiger partial charge in [-0.3, -0.25) is 4.79 Å². The highest BCUT2D eigenvalue weighted by Crippen LogP contribution is 2.29. The second-order valence-corrected chi connectivity index (χ2v) is 11.0. The Morgan fingerprint density at radius 2 is 2.16 bits per heavy atom. The molecular formula is C19H19F2N3O4S3. The monoisotopic (exact) mass is 487 g/mol. The number of carbonyl (C=O) groups excluding carboxylic acids is 1. The number of benzene rings is 1. The van der Waals surface area contributed by atoms with Gasteiger partial charge < -0.3 is 9.30 Å². The van der Waals surface area contributed by atoms with Crippen molar-refractivity contribution in [3.63, 3.8) is 0 Å². The highest BCUT2D eigenvalue weighted by Gasteiger charge is 2.40. The number of aromatic nitrogens is 1. The normalized spacial score (nSPS) is 18.3. The van der Waals surface area contributed by atoms with Crippen LogP contribution in [-0.2, 0) is 26.1 Å². The number of carbonyl (C=O) groups is 1. The number of sulfonamides is 1. The van der Waals surface area contributed by atoms with Crippen LogP contribution in [0.4, 0.5) is 8.78 Å². The number of hydrogen-bond acceptors (Lipinski definition) is 6. The van der Waals surface area contributed by atoms with E-state index < -0.39 is 33.6 Å². The maximum atomic E-state index is 14.5.